The second-order valence-electron chi connectivity index (χ2n) is 14.4. The van der Waals surface area contributed by atoms with E-state index in [-0.39, 0.29) is 0 Å². The van der Waals surface area contributed by atoms with E-state index in [4.69, 9.17) is 9.40 Å². The monoisotopic (exact) mass is 729 g/mol. The molecule has 0 saturated carbocycles. The quantitative estimate of drug-likeness (QED) is 0.164. The Morgan fingerprint density at radius 2 is 1.09 bits per heavy atom. The lowest BCUT2D eigenvalue weighted by molar-refractivity contribution is 0.620. The van der Waals surface area contributed by atoms with Gasteiger partial charge in [0.05, 0.1) is 22.4 Å². The van der Waals surface area contributed by atoms with E-state index in [0.717, 1.165) is 61.7 Å². The maximum atomic E-state index is 6.68. The molecule has 11 aromatic rings. The largest absolute Gasteiger partial charge is 0.434 e. The van der Waals surface area contributed by atoms with Gasteiger partial charge in [0.2, 0.25) is 5.89 Å². The van der Waals surface area contributed by atoms with E-state index in [2.05, 4.69) is 185 Å². The Morgan fingerprint density at radius 3 is 1.93 bits per heavy atom. The van der Waals surface area contributed by atoms with Gasteiger partial charge in [-0.05, 0) is 82.7 Å². The molecule has 11 rings (SSSR count). The van der Waals surface area contributed by atoms with Gasteiger partial charge in [-0.25, -0.2) is 4.98 Å². The van der Waals surface area contributed by atoms with Gasteiger partial charge in [0.15, 0.2) is 5.58 Å². The van der Waals surface area contributed by atoms with Gasteiger partial charge in [-0.15, -0.1) is 0 Å². The molecule has 0 aliphatic heterocycles. The average Bonchev–Trinajstić information content (AvgIpc) is 3.88. The zero-order chi connectivity index (χ0) is 37.7. The van der Waals surface area contributed by atoms with Gasteiger partial charge in [-0.1, -0.05) is 152 Å². The maximum Gasteiger partial charge on any atom is 0.227 e. The second kappa shape index (κ2) is 13.6. The van der Waals surface area contributed by atoms with Crippen molar-refractivity contribution in [3.8, 4) is 39.4 Å². The molecule has 0 amide bonds. The van der Waals surface area contributed by atoms with Crippen molar-refractivity contribution in [3.05, 3.63) is 212 Å². The predicted molar refractivity (Wildman–Crippen MR) is 237 cm³/mol. The molecule has 9 aromatic carbocycles. The number of oxazole rings is 1. The third-order valence-electron chi connectivity index (χ3n) is 11.0. The lowest BCUT2D eigenvalue weighted by Gasteiger charge is -2.28. The number of hydrogen-bond donors (Lipinski definition) is 0. The van der Waals surface area contributed by atoms with Gasteiger partial charge in [0, 0.05) is 38.7 Å². The normalized spacial score (nSPS) is 11.5. The van der Waals surface area contributed by atoms with Crippen LogP contribution >= 0.6 is 0 Å². The summed E-state index contributed by atoms with van der Waals surface area (Å²) >= 11 is 0. The van der Waals surface area contributed by atoms with Crippen LogP contribution in [0.15, 0.2) is 217 Å². The summed E-state index contributed by atoms with van der Waals surface area (Å²) in [4.78, 5) is 7.28. The number of nitrogens with zero attached hydrogens (tertiary/aromatic N) is 3. The fourth-order valence-electron chi connectivity index (χ4n) is 8.38. The fraction of sp³-hybridized carbons (Fsp3) is 0. The average molecular weight is 730 g/mol. The van der Waals surface area contributed by atoms with E-state index < -0.39 is 0 Å². The summed E-state index contributed by atoms with van der Waals surface area (Å²) in [6.45, 7) is 0. The molecule has 57 heavy (non-hydrogen) atoms. The highest BCUT2D eigenvalue weighted by Gasteiger charge is 2.23. The molecule has 0 aliphatic carbocycles. The number of rotatable bonds is 7. The molecule has 4 heteroatoms. The molecule has 4 nitrogen and oxygen atoms in total. The molecule has 0 spiro atoms. The number of fused-ring (bicyclic) bond motifs is 6. The highest BCUT2D eigenvalue weighted by atomic mass is 16.3. The fourth-order valence-corrected chi connectivity index (χ4v) is 8.38. The van der Waals surface area contributed by atoms with Crippen LogP contribution in [0.4, 0.5) is 17.1 Å². The summed E-state index contributed by atoms with van der Waals surface area (Å²) in [6.07, 6.45) is 0. The number of anilines is 3. The van der Waals surface area contributed by atoms with E-state index in [1.165, 1.54) is 32.6 Å². The van der Waals surface area contributed by atoms with E-state index in [9.17, 15) is 0 Å². The van der Waals surface area contributed by atoms with Crippen molar-refractivity contribution in [1.29, 1.82) is 0 Å². The molecule has 0 saturated heterocycles. The first-order valence-corrected chi connectivity index (χ1v) is 19.3. The maximum absolute atomic E-state index is 6.68. The smallest absolute Gasteiger partial charge is 0.227 e. The molecule has 2 heterocycles. The molecule has 0 bridgehead atoms. The molecule has 0 aliphatic rings. The van der Waals surface area contributed by atoms with Gasteiger partial charge < -0.3 is 13.9 Å². The van der Waals surface area contributed by atoms with Crippen LogP contribution in [0.5, 0.6) is 0 Å². The Hall–Kier alpha value is -7.69. The van der Waals surface area contributed by atoms with Crippen molar-refractivity contribution in [2.24, 2.45) is 0 Å². The van der Waals surface area contributed by atoms with E-state index in [1.54, 1.807) is 0 Å². The minimum atomic E-state index is 0.595. The van der Waals surface area contributed by atoms with Crippen LogP contribution in [-0.2, 0) is 0 Å². The highest BCUT2D eigenvalue weighted by molar-refractivity contribution is 6.19. The second-order valence-corrected chi connectivity index (χ2v) is 14.4. The summed E-state index contributed by atoms with van der Waals surface area (Å²) in [5.41, 5.74) is 13.5. The van der Waals surface area contributed by atoms with E-state index in [1.807, 2.05) is 36.4 Å². The summed E-state index contributed by atoms with van der Waals surface area (Å²) in [5, 5.41) is 4.94. The van der Waals surface area contributed by atoms with Crippen LogP contribution in [0, 0.1) is 0 Å². The summed E-state index contributed by atoms with van der Waals surface area (Å²) in [7, 11) is 0. The van der Waals surface area contributed by atoms with Crippen LogP contribution in [-0.4, -0.2) is 9.55 Å². The topological polar surface area (TPSA) is 34.2 Å². The minimum Gasteiger partial charge on any atom is -0.434 e. The van der Waals surface area contributed by atoms with Gasteiger partial charge in [-0.3, -0.25) is 0 Å². The minimum absolute atomic E-state index is 0.595. The Labute approximate surface area is 330 Å². The summed E-state index contributed by atoms with van der Waals surface area (Å²) < 4.78 is 9.11. The Kier molecular flexibility index (Phi) is 7.78. The molecular formula is C53H35N3O. The van der Waals surface area contributed by atoms with E-state index in [0.29, 0.717) is 5.89 Å². The van der Waals surface area contributed by atoms with Crippen LogP contribution < -0.4 is 4.90 Å². The molecule has 0 atom stereocenters. The lowest BCUT2D eigenvalue weighted by Crippen LogP contribution is -2.11. The molecule has 0 fully saturated rings. The van der Waals surface area contributed by atoms with Crippen molar-refractivity contribution in [1.82, 2.24) is 9.55 Å². The van der Waals surface area contributed by atoms with Crippen molar-refractivity contribution in [2.75, 3.05) is 4.90 Å². The highest BCUT2D eigenvalue weighted by Crippen LogP contribution is 2.45. The van der Waals surface area contributed by atoms with Crippen molar-refractivity contribution >= 4 is 60.7 Å². The van der Waals surface area contributed by atoms with Gasteiger partial charge >= 0.3 is 0 Å². The number of para-hydroxylation sites is 3. The zero-order valence-electron chi connectivity index (χ0n) is 31.0. The summed E-state index contributed by atoms with van der Waals surface area (Å²) in [5.74, 6) is 0.595. The zero-order valence-corrected chi connectivity index (χ0v) is 31.0. The third-order valence-corrected chi connectivity index (χ3v) is 11.0. The first-order valence-electron chi connectivity index (χ1n) is 19.3. The molecule has 0 radical (unpaired) electrons. The van der Waals surface area contributed by atoms with Crippen LogP contribution in [0.1, 0.15) is 0 Å². The number of aromatic nitrogens is 2. The van der Waals surface area contributed by atoms with E-state index >= 15 is 0 Å². The Balaban J connectivity index is 1.13. The van der Waals surface area contributed by atoms with Crippen molar-refractivity contribution in [3.63, 3.8) is 0 Å². The predicted octanol–water partition coefficient (Wildman–Crippen LogP) is 14.5. The third kappa shape index (κ3) is 5.58. The van der Waals surface area contributed by atoms with Gasteiger partial charge in [-0.2, -0.15) is 0 Å². The molecule has 0 N–H and O–H groups in total. The summed E-state index contributed by atoms with van der Waals surface area (Å²) in [6, 6.07) is 75.1. The molecule has 2 aromatic heterocycles. The first kappa shape index (κ1) is 32.7. The molecule has 268 valence electrons. The molecular weight excluding hydrogens is 695 g/mol. The lowest BCUT2D eigenvalue weighted by atomic mass is 10.00. The first-order chi connectivity index (χ1) is 28.3. The number of hydrogen-bond acceptors (Lipinski definition) is 3. The van der Waals surface area contributed by atoms with Gasteiger partial charge in [0.1, 0.15) is 5.52 Å². The Bertz CT molecular complexity index is 3240. The van der Waals surface area contributed by atoms with Crippen LogP contribution in [0.3, 0.4) is 0 Å². The number of benzene rings is 9. The van der Waals surface area contributed by atoms with Crippen molar-refractivity contribution in [2.45, 2.75) is 0 Å². The standard InChI is InChI=1S/C53H35N3O/c1-4-16-36(17-5-1)43-25-12-13-28-48(43)55(49-29-15-27-47-52(49)57-53(54-47)38-19-6-2-7-20-38)42-24-14-21-39(34-42)40-31-32-45-46-33-30-37-18-10-11-26-44(37)51(46)56(50(45)35-40)41-22-8-3-9-23-41/h1-35H. The molecule has 0 unspecified atom stereocenters. The SMILES string of the molecule is c1ccc(-c2nc3cccc(N(c4cccc(-c5ccc6c7ccc8ccccc8c7n(-c7ccccc7)c6c5)c4)c4ccccc4-c4ccccc4)c3o2)cc1. The van der Waals surface area contributed by atoms with Gasteiger partial charge in [0.25, 0.3) is 0 Å². The van der Waals surface area contributed by atoms with Crippen LogP contribution in [0.25, 0.3) is 83.1 Å². The van der Waals surface area contributed by atoms with Crippen molar-refractivity contribution < 1.29 is 4.42 Å². The van der Waals surface area contributed by atoms with Crippen LogP contribution in [0.2, 0.25) is 0 Å². The Morgan fingerprint density at radius 1 is 0.439 bits per heavy atom.